The number of carbonyl (C=O) groups excluding carboxylic acids is 1. The zero-order chi connectivity index (χ0) is 9.30. The van der Waals surface area contributed by atoms with E-state index in [9.17, 15) is 4.79 Å². The molecule has 1 aliphatic heterocycles. The molecule has 0 aromatic heterocycles. The van der Waals surface area contributed by atoms with Crippen LogP contribution in [0.1, 0.15) is 27.2 Å². The van der Waals surface area contributed by atoms with Crippen LogP contribution in [0.2, 0.25) is 0 Å². The minimum absolute atomic E-state index is 0.182. The van der Waals surface area contributed by atoms with Gasteiger partial charge in [0, 0.05) is 19.5 Å². The molecule has 0 N–H and O–H groups in total. The normalized spacial score (nSPS) is 32.2. The summed E-state index contributed by atoms with van der Waals surface area (Å²) < 4.78 is 0. The summed E-state index contributed by atoms with van der Waals surface area (Å²) in [6.07, 6.45) is 1.34. The zero-order valence-corrected chi connectivity index (χ0v) is 8.37. The van der Waals surface area contributed by atoms with E-state index in [2.05, 4.69) is 25.8 Å². The molecule has 70 valence electrons. The van der Waals surface area contributed by atoms with E-state index in [1.54, 1.807) is 6.92 Å². The molecule has 1 amide bonds. The van der Waals surface area contributed by atoms with E-state index in [1.165, 1.54) is 0 Å². The third-order valence-electron chi connectivity index (χ3n) is 2.78. The van der Waals surface area contributed by atoms with Crippen LogP contribution in [-0.4, -0.2) is 41.5 Å². The molecule has 3 nitrogen and oxygen atoms in total. The molecule has 1 saturated heterocycles. The van der Waals surface area contributed by atoms with Crippen molar-refractivity contribution in [2.24, 2.45) is 0 Å². The van der Waals surface area contributed by atoms with Crippen molar-refractivity contribution >= 4 is 5.91 Å². The van der Waals surface area contributed by atoms with Crippen LogP contribution in [0.4, 0.5) is 0 Å². The summed E-state index contributed by atoms with van der Waals surface area (Å²) in [5, 5.41) is 0. The summed E-state index contributed by atoms with van der Waals surface area (Å²) in [5.74, 6) is 0.182. The van der Waals surface area contributed by atoms with Gasteiger partial charge >= 0.3 is 0 Å². The highest BCUT2D eigenvalue weighted by Gasteiger charge is 2.29. The van der Waals surface area contributed by atoms with Gasteiger partial charge in [0.05, 0.1) is 6.17 Å². The Bertz CT molecular complexity index is 181. The fraction of sp³-hybridized carbons (Fsp3) is 0.889. The van der Waals surface area contributed by atoms with Gasteiger partial charge in [-0.2, -0.15) is 0 Å². The summed E-state index contributed by atoms with van der Waals surface area (Å²) in [7, 11) is 2.06. The molecular formula is C9H18N2O. The number of nitrogens with zero attached hydrogens (tertiary/aromatic N) is 2. The van der Waals surface area contributed by atoms with E-state index < -0.39 is 0 Å². The predicted octanol–water partition coefficient (Wildman–Crippen LogP) is 0.905. The van der Waals surface area contributed by atoms with Crippen LogP contribution >= 0.6 is 0 Å². The first kappa shape index (κ1) is 9.52. The Morgan fingerprint density at radius 1 is 1.42 bits per heavy atom. The van der Waals surface area contributed by atoms with E-state index in [0.29, 0.717) is 6.04 Å². The molecule has 1 rings (SSSR count). The fourth-order valence-electron chi connectivity index (χ4n) is 1.87. The lowest BCUT2D eigenvalue weighted by molar-refractivity contribution is -0.140. The summed E-state index contributed by atoms with van der Waals surface area (Å²) in [5.41, 5.74) is 0. The lowest BCUT2D eigenvalue weighted by Crippen LogP contribution is -2.56. The van der Waals surface area contributed by atoms with Crippen LogP contribution in [0.5, 0.6) is 0 Å². The maximum absolute atomic E-state index is 11.3. The Morgan fingerprint density at radius 2 is 2.00 bits per heavy atom. The maximum atomic E-state index is 11.3. The van der Waals surface area contributed by atoms with Crippen LogP contribution in [-0.2, 0) is 4.79 Å². The van der Waals surface area contributed by atoms with Crippen LogP contribution in [0, 0.1) is 0 Å². The summed E-state index contributed by atoms with van der Waals surface area (Å²) in [6, 6.07) is 0.397. The minimum Gasteiger partial charge on any atom is -0.325 e. The maximum Gasteiger partial charge on any atom is 0.220 e. The largest absolute Gasteiger partial charge is 0.325 e. The monoisotopic (exact) mass is 170 g/mol. The van der Waals surface area contributed by atoms with Crippen LogP contribution < -0.4 is 0 Å². The minimum atomic E-state index is 0.182. The van der Waals surface area contributed by atoms with Crippen molar-refractivity contribution in [1.82, 2.24) is 9.80 Å². The van der Waals surface area contributed by atoms with Gasteiger partial charge < -0.3 is 4.90 Å². The Balaban J connectivity index is 2.71. The average Bonchev–Trinajstić information content (AvgIpc) is 1.97. The van der Waals surface area contributed by atoms with E-state index in [1.807, 2.05) is 4.90 Å². The standard InChI is InChI=1S/C9H18N2O/c1-7-5-6-10(4)8(2)11(7)9(3)12/h7-8H,5-6H2,1-4H3. The quantitative estimate of drug-likeness (QED) is 0.539. The molecule has 12 heavy (non-hydrogen) atoms. The molecule has 2 unspecified atom stereocenters. The van der Waals surface area contributed by atoms with E-state index in [4.69, 9.17) is 0 Å². The van der Waals surface area contributed by atoms with Gasteiger partial charge in [0.2, 0.25) is 5.91 Å². The molecular weight excluding hydrogens is 152 g/mol. The van der Waals surface area contributed by atoms with E-state index >= 15 is 0 Å². The fourth-order valence-corrected chi connectivity index (χ4v) is 1.87. The van der Waals surface area contributed by atoms with Crippen molar-refractivity contribution in [3.63, 3.8) is 0 Å². The second-order valence-corrected chi connectivity index (χ2v) is 3.68. The smallest absolute Gasteiger partial charge is 0.220 e. The Hall–Kier alpha value is -0.570. The molecule has 0 aromatic carbocycles. The Morgan fingerprint density at radius 3 is 2.42 bits per heavy atom. The zero-order valence-electron chi connectivity index (χ0n) is 8.37. The summed E-state index contributed by atoms with van der Waals surface area (Å²) >= 11 is 0. The third-order valence-corrected chi connectivity index (χ3v) is 2.78. The number of hydrogen-bond acceptors (Lipinski definition) is 2. The highest BCUT2D eigenvalue weighted by molar-refractivity contribution is 5.74. The lowest BCUT2D eigenvalue weighted by Gasteiger charge is -2.44. The lowest BCUT2D eigenvalue weighted by atomic mass is 10.1. The van der Waals surface area contributed by atoms with Gasteiger partial charge in [-0.05, 0) is 27.3 Å². The molecule has 0 radical (unpaired) electrons. The highest BCUT2D eigenvalue weighted by atomic mass is 16.2. The second-order valence-electron chi connectivity index (χ2n) is 3.68. The molecule has 1 aliphatic rings. The van der Waals surface area contributed by atoms with Crippen molar-refractivity contribution in [3.8, 4) is 0 Å². The number of rotatable bonds is 0. The van der Waals surface area contributed by atoms with Crippen LogP contribution in [0.15, 0.2) is 0 Å². The predicted molar refractivity (Wildman–Crippen MR) is 48.7 cm³/mol. The number of carbonyl (C=O) groups is 1. The Labute approximate surface area is 74.3 Å². The van der Waals surface area contributed by atoms with E-state index in [0.717, 1.165) is 13.0 Å². The van der Waals surface area contributed by atoms with Gasteiger partial charge in [-0.25, -0.2) is 0 Å². The first-order valence-electron chi connectivity index (χ1n) is 4.53. The molecule has 0 bridgehead atoms. The number of hydrogen-bond donors (Lipinski definition) is 0. The van der Waals surface area contributed by atoms with Crippen molar-refractivity contribution < 1.29 is 4.79 Å². The molecule has 0 spiro atoms. The molecule has 1 heterocycles. The van der Waals surface area contributed by atoms with Crippen LogP contribution in [0.3, 0.4) is 0 Å². The second kappa shape index (κ2) is 3.44. The first-order valence-corrected chi connectivity index (χ1v) is 4.53. The molecule has 0 saturated carbocycles. The molecule has 0 aromatic rings. The third kappa shape index (κ3) is 1.61. The topological polar surface area (TPSA) is 23.6 Å². The van der Waals surface area contributed by atoms with Gasteiger partial charge in [0.1, 0.15) is 0 Å². The molecule has 2 atom stereocenters. The van der Waals surface area contributed by atoms with Gasteiger partial charge in [0.15, 0.2) is 0 Å². The first-order chi connectivity index (χ1) is 5.54. The molecule has 0 aliphatic carbocycles. The van der Waals surface area contributed by atoms with Crippen molar-refractivity contribution in [3.05, 3.63) is 0 Å². The SMILES string of the molecule is CC(=O)N1C(C)CCN(C)C1C. The van der Waals surface area contributed by atoms with Gasteiger partial charge in [-0.15, -0.1) is 0 Å². The van der Waals surface area contributed by atoms with Crippen molar-refractivity contribution in [1.29, 1.82) is 0 Å². The van der Waals surface area contributed by atoms with Gasteiger partial charge in [-0.1, -0.05) is 0 Å². The Kier molecular flexibility index (Phi) is 2.73. The average molecular weight is 170 g/mol. The van der Waals surface area contributed by atoms with E-state index in [-0.39, 0.29) is 12.1 Å². The van der Waals surface area contributed by atoms with Crippen molar-refractivity contribution in [2.45, 2.75) is 39.4 Å². The van der Waals surface area contributed by atoms with Gasteiger partial charge in [-0.3, -0.25) is 9.69 Å². The van der Waals surface area contributed by atoms with Crippen molar-refractivity contribution in [2.75, 3.05) is 13.6 Å². The van der Waals surface area contributed by atoms with Crippen LogP contribution in [0.25, 0.3) is 0 Å². The van der Waals surface area contributed by atoms with Gasteiger partial charge in [0.25, 0.3) is 0 Å². The summed E-state index contributed by atoms with van der Waals surface area (Å²) in [4.78, 5) is 15.4. The molecule has 1 fully saturated rings. The highest BCUT2D eigenvalue weighted by Crippen LogP contribution is 2.17. The summed E-state index contributed by atoms with van der Waals surface area (Å²) in [6.45, 7) is 6.93. The molecule has 3 heteroatoms. The number of amides is 1.